The Morgan fingerprint density at radius 2 is 1.39 bits per heavy atom. The fourth-order valence-electron chi connectivity index (χ4n) is 4.02. The van der Waals surface area contributed by atoms with Crippen LogP contribution >= 0.6 is 0 Å². The van der Waals surface area contributed by atoms with Crippen molar-refractivity contribution in [1.29, 1.82) is 0 Å². The highest BCUT2D eigenvalue weighted by molar-refractivity contribution is 5.22. The van der Waals surface area contributed by atoms with Crippen LogP contribution in [0.25, 0.3) is 0 Å². The number of nitrogens with zero attached hydrogens (tertiary/aromatic N) is 3. The number of benzene rings is 1. The third-order valence-electron chi connectivity index (χ3n) is 4.51. The van der Waals surface area contributed by atoms with Crippen LogP contribution in [-0.2, 0) is 0 Å². The second-order valence-corrected chi connectivity index (χ2v) is 6.09. The van der Waals surface area contributed by atoms with Gasteiger partial charge in [0, 0.05) is 25.0 Å². The van der Waals surface area contributed by atoms with Crippen LogP contribution in [-0.4, -0.2) is 59.4 Å². The minimum Gasteiger partial charge on any atom is -0.388 e. The first-order valence-corrected chi connectivity index (χ1v) is 6.65. The molecule has 4 nitrogen and oxygen atoms in total. The molecule has 1 aromatic rings. The van der Waals surface area contributed by atoms with Crippen LogP contribution in [0.2, 0.25) is 0 Å². The van der Waals surface area contributed by atoms with E-state index >= 15 is 0 Å². The topological polar surface area (TPSA) is 30.0 Å². The van der Waals surface area contributed by atoms with Crippen LogP contribution in [0.1, 0.15) is 11.7 Å². The number of hydrogen-bond donors (Lipinski definition) is 1. The van der Waals surface area contributed by atoms with Gasteiger partial charge in [-0.3, -0.25) is 14.7 Å². The summed E-state index contributed by atoms with van der Waals surface area (Å²) in [5.41, 5.74) is 1.05. The molecule has 1 unspecified atom stereocenters. The van der Waals surface area contributed by atoms with Crippen molar-refractivity contribution in [2.75, 3.05) is 39.6 Å². The average molecular weight is 245 g/mol. The van der Waals surface area contributed by atoms with Gasteiger partial charge in [0.15, 0.2) is 0 Å². The van der Waals surface area contributed by atoms with Crippen molar-refractivity contribution < 1.29 is 5.11 Å². The molecule has 4 aliphatic rings. The summed E-state index contributed by atoms with van der Waals surface area (Å²) < 4.78 is 0. The summed E-state index contributed by atoms with van der Waals surface area (Å²) in [6.45, 7) is 6.28. The van der Waals surface area contributed by atoms with E-state index in [4.69, 9.17) is 0 Å². The van der Waals surface area contributed by atoms with Crippen LogP contribution in [0.5, 0.6) is 0 Å². The summed E-state index contributed by atoms with van der Waals surface area (Å²) in [6, 6.07) is 10.1. The Kier molecular flexibility index (Phi) is 2.29. The molecule has 0 aromatic heterocycles. The number of hydrogen-bond acceptors (Lipinski definition) is 4. The summed E-state index contributed by atoms with van der Waals surface area (Å²) in [7, 11) is 0. The predicted molar refractivity (Wildman–Crippen MR) is 68.6 cm³/mol. The molecule has 0 radical (unpaired) electrons. The smallest absolute Gasteiger partial charge is 0.0883 e. The highest BCUT2D eigenvalue weighted by Crippen LogP contribution is 2.44. The van der Waals surface area contributed by atoms with Gasteiger partial charge in [0.2, 0.25) is 0 Å². The van der Waals surface area contributed by atoms with E-state index in [0.717, 1.165) is 45.2 Å². The molecule has 0 saturated carbocycles. The second-order valence-electron chi connectivity index (χ2n) is 6.09. The van der Waals surface area contributed by atoms with Gasteiger partial charge in [-0.2, -0.15) is 0 Å². The zero-order valence-electron chi connectivity index (χ0n) is 10.5. The lowest BCUT2D eigenvalue weighted by Gasteiger charge is -2.61. The van der Waals surface area contributed by atoms with E-state index in [0.29, 0.717) is 0 Å². The molecule has 4 aliphatic heterocycles. The fraction of sp³-hybridized carbons (Fsp3) is 0.571. The molecule has 1 aromatic carbocycles. The molecule has 0 spiro atoms. The molecule has 1 N–H and O–H groups in total. The van der Waals surface area contributed by atoms with E-state index in [1.165, 1.54) is 0 Å². The number of aliphatic hydroxyl groups excluding tert-OH is 1. The Hall–Kier alpha value is -0.940. The second kappa shape index (κ2) is 3.78. The maximum atomic E-state index is 10.8. The fourth-order valence-corrected chi connectivity index (χ4v) is 4.02. The molecule has 0 amide bonds. The van der Waals surface area contributed by atoms with Gasteiger partial charge in [-0.15, -0.1) is 0 Å². The lowest BCUT2D eigenvalue weighted by molar-refractivity contribution is -0.204. The number of aliphatic hydroxyl groups is 1. The average Bonchev–Trinajstić information content (AvgIpc) is 2.37. The van der Waals surface area contributed by atoms with Crippen molar-refractivity contribution >= 4 is 0 Å². The Bertz CT molecular complexity index is 412. The van der Waals surface area contributed by atoms with E-state index in [9.17, 15) is 5.11 Å². The number of rotatable bonds is 2. The molecular weight excluding hydrogens is 226 g/mol. The lowest BCUT2D eigenvalue weighted by Crippen LogP contribution is -2.73. The normalized spacial score (nSPS) is 43.1. The van der Waals surface area contributed by atoms with E-state index in [1.54, 1.807) is 0 Å². The van der Waals surface area contributed by atoms with Crippen LogP contribution < -0.4 is 0 Å². The third kappa shape index (κ3) is 1.53. The lowest BCUT2D eigenvalue weighted by atomic mass is 9.74. The molecule has 5 rings (SSSR count). The summed E-state index contributed by atoms with van der Waals surface area (Å²) in [6.07, 6.45) is -0.355. The zero-order valence-corrected chi connectivity index (χ0v) is 10.5. The molecule has 4 heterocycles. The van der Waals surface area contributed by atoms with Gasteiger partial charge < -0.3 is 5.11 Å². The first-order chi connectivity index (χ1) is 8.75. The SMILES string of the molecule is OC(c1ccccc1)C12CN3CN(CN(C3)C1)C2. The maximum Gasteiger partial charge on any atom is 0.0883 e. The Labute approximate surface area is 107 Å². The summed E-state index contributed by atoms with van der Waals surface area (Å²) in [4.78, 5) is 7.34. The van der Waals surface area contributed by atoms with Gasteiger partial charge in [-0.1, -0.05) is 30.3 Å². The quantitative estimate of drug-likeness (QED) is 0.823. The Morgan fingerprint density at radius 1 is 0.889 bits per heavy atom. The minimum absolute atomic E-state index is 0.00387. The van der Waals surface area contributed by atoms with Crippen LogP contribution in [0.15, 0.2) is 30.3 Å². The van der Waals surface area contributed by atoms with Gasteiger partial charge in [-0.05, 0) is 5.56 Å². The highest BCUT2D eigenvalue weighted by atomic mass is 16.3. The summed E-state index contributed by atoms with van der Waals surface area (Å²) >= 11 is 0. The van der Waals surface area contributed by atoms with Gasteiger partial charge in [0.1, 0.15) is 0 Å². The van der Waals surface area contributed by atoms with Gasteiger partial charge in [0.25, 0.3) is 0 Å². The van der Waals surface area contributed by atoms with Gasteiger partial charge in [-0.25, -0.2) is 0 Å². The largest absolute Gasteiger partial charge is 0.388 e. The van der Waals surface area contributed by atoms with Crippen LogP contribution in [0.3, 0.4) is 0 Å². The van der Waals surface area contributed by atoms with E-state index in [2.05, 4.69) is 14.7 Å². The monoisotopic (exact) mass is 245 g/mol. The Balaban J connectivity index is 1.67. The molecule has 0 aliphatic carbocycles. The predicted octanol–water partition coefficient (Wildman–Crippen LogP) is 0.526. The van der Waals surface area contributed by atoms with Crippen molar-refractivity contribution in [1.82, 2.24) is 14.7 Å². The molecule has 1 atom stereocenters. The minimum atomic E-state index is -0.355. The molecule has 4 saturated heterocycles. The van der Waals surface area contributed by atoms with Crippen molar-refractivity contribution in [3.8, 4) is 0 Å². The van der Waals surface area contributed by atoms with Crippen LogP contribution in [0, 0.1) is 5.41 Å². The van der Waals surface area contributed by atoms with E-state index in [1.807, 2.05) is 30.3 Å². The van der Waals surface area contributed by atoms with Crippen molar-refractivity contribution in [3.05, 3.63) is 35.9 Å². The first-order valence-electron chi connectivity index (χ1n) is 6.65. The first kappa shape index (κ1) is 10.9. The van der Waals surface area contributed by atoms with Gasteiger partial charge in [0.05, 0.1) is 26.1 Å². The summed E-state index contributed by atoms with van der Waals surface area (Å²) in [5, 5.41) is 10.8. The zero-order chi connectivity index (χ0) is 12.2. The summed E-state index contributed by atoms with van der Waals surface area (Å²) in [5.74, 6) is 0. The maximum absolute atomic E-state index is 10.8. The molecule has 4 heteroatoms. The molecule has 96 valence electrons. The molecule has 4 fully saturated rings. The van der Waals surface area contributed by atoms with Crippen molar-refractivity contribution in [3.63, 3.8) is 0 Å². The van der Waals surface area contributed by atoms with E-state index in [-0.39, 0.29) is 11.5 Å². The van der Waals surface area contributed by atoms with Gasteiger partial charge >= 0.3 is 0 Å². The van der Waals surface area contributed by atoms with E-state index < -0.39 is 0 Å². The van der Waals surface area contributed by atoms with Crippen molar-refractivity contribution in [2.24, 2.45) is 5.41 Å². The molecule has 4 bridgehead atoms. The van der Waals surface area contributed by atoms with Crippen LogP contribution in [0.4, 0.5) is 0 Å². The molecular formula is C14H19N3O. The third-order valence-corrected chi connectivity index (χ3v) is 4.51. The highest BCUT2D eigenvalue weighted by Gasteiger charge is 2.52. The standard InChI is InChI=1S/C14H19N3O/c18-13(12-4-2-1-3-5-12)14-6-15-9-16(7-14)11-17(8-14)10-15/h1-5,13,18H,6-11H2. The van der Waals surface area contributed by atoms with Crippen molar-refractivity contribution in [2.45, 2.75) is 6.10 Å². The molecule has 18 heavy (non-hydrogen) atoms. The Morgan fingerprint density at radius 3 is 1.89 bits per heavy atom.